The van der Waals surface area contributed by atoms with Crippen molar-refractivity contribution >= 4 is 45.3 Å². The maximum Gasteiger partial charge on any atom is 0.137 e. The zero-order chi connectivity index (χ0) is 32.4. The molecule has 3 aliphatic carbocycles. The number of allylic oxidation sites excluding steroid dienone is 5. The van der Waals surface area contributed by atoms with Gasteiger partial charge in [-0.05, 0) is 114 Å². The van der Waals surface area contributed by atoms with E-state index in [4.69, 9.17) is 4.98 Å². The molecule has 3 heteroatoms. The zero-order valence-corrected chi connectivity index (χ0v) is 27.8. The Morgan fingerprint density at radius 1 is 0.812 bits per heavy atom. The van der Waals surface area contributed by atoms with Gasteiger partial charge < -0.3 is 4.57 Å². The van der Waals surface area contributed by atoms with Crippen LogP contribution in [0.1, 0.15) is 61.6 Å². The van der Waals surface area contributed by atoms with E-state index in [-0.39, 0.29) is 5.41 Å². The Hall–Kier alpha value is -5.41. The number of hydrogen-bond acceptors (Lipinski definition) is 2. The number of nitrogens with zero attached hydrogens (tertiary/aromatic N) is 3. The van der Waals surface area contributed by atoms with Crippen LogP contribution in [0.15, 0.2) is 139 Å². The quantitative estimate of drug-likeness (QED) is 0.191. The molecule has 0 N–H and O–H groups in total. The average molecular weight is 622 g/mol. The Kier molecular flexibility index (Phi) is 6.65. The Morgan fingerprint density at radius 2 is 1.58 bits per heavy atom. The van der Waals surface area contributed by atoms with E-state index < -0.39 is 0 Å². The molecule has 234 valence electrons. The maximum atomic E-state index is 4.83. The van der Waals surface area contributed by atoms with Crippen molar-refractivity contribution in [3.63, 3.8) is 0 Å². The summed E-state index contributed by atoms with van der Waals surface area (Å²) in [5.74, 6) is 1.30. The molecule has 0 spiro atoms. The van der Waals surface area contributed by atoms with Crippen LogP contribution in [0.4, 0.5) is 17.2 Å². The molecule has 1 atom stereocenters. The van der Waals surface area contributed by atoms with E-state index in [1.54, 1.807) is 5.57 Å². The van der Waals surface area contributed by atoms with Crippen LogP contribution in [0.3, 0.4) is 0 Å². The molecule has 2 heterocycles. The predicted molar refractivity (Wildman–Crippen MR) is 201 cm³/mol. The lowest BCUT2D eigenvalue weighted by molar-refractivity contribution is 0.607. The lowest BCUT2D eigenvalue weighted by Gasteiger charge is -2.29. The van der Waals surface area contributed by atoms with Gasteiger partial charge in [0.1, 0.15) is 5.82 Å². The molecule has 9 rings (SSSR count). The summed E-state index contributed by atoms with van der Waals surface area (Å²) in [5, 5.41) is 1.31. The number of fused-ring (bicyclic) bond motifs is 5. The van der Waals surface area contributed by atoms with Gasteiger partial charge in [0.25, 0.3) is 0 Å². The molecule has 3 nitrogen and oxygen atoms in total. The van der Waals surface area contributed by atoms with Crippen LogP contribution in [0.5, 0.6) is 0 Å². The smallest absolute Gasteiger partial charge is 0.137 e. The first-order valence-electron chi connectivity index (χ1n) is 17.2. The van der Waals surface area contributed by atoms with Crippen LogP contribution >= 0.6 is 0 Å². The Labute approximate surface area is 283 Å². The fraction of sp³-hybridized carbons (Fsp3) is 0.178. The molecule has 0 radical (unpaired) electrons. The van der Waals surface area contributed by atoms with Gasteiger partial charge in [-0.25, -0.2) is 4.98 Å². The van der Waals surface area contributed by atoms with Gasteiger partial charge in [0.2, 0.25) is 0 Å². The third-order valence-corrected chi connectivity index (χ3v) is 10.8. The van der Waals surface area contributed by atoms with E-state index in [9.17, 15) is 0 Å². The SMILES string of the molecule is CC1Cc2c(c3ccccc3n2-c2ccccc2)C=C1c1ccc(N(c2ccc3c(c2)C(C)(C)C2=C3C=CCC2)c2ccccn2)cc1. The van der Waals surface area contributed by atoms with Gasteiger partial charge in [-0.15, -0.1) is 0 Å². The number of benzene rings is 4. The molecule has 0 saturated heterocycles. The average Bonchev–Trinajstić information content (AvgIpc) is 3.57. The minimum Gasteiger partial charge on any atom is -0.313 e. The maximum absolute atomic E-state index is 4.83. The largest absolute Gasteiger partial charge is 0.313 e. The van der Waals surface area contributed by atoms with Gasteiger partial charge in [-0.2, -0.15) is 0 Å². The summed E-state index contributed by atoms with van der Waals surface area (Å²) in [6, 6.07) is 41.9. The van der Waals surface area contributed by atoms with Crippen molar-refractivity contribution in [1.29, 1.82) is 0 Å². The molecule has 0 saturated carbocycles. The summed E-state index contributed by atoms with van der Waals surface area (Å²) in [6.07, 6.45) is 12.2. The van der Waals surface area contributed by atoms with Crippen LogP contribution in [0, 0.1) is 5.92 Å². The number of pyridine rings is 1. The Balaban J connectivity index is 1.12. The molecule has 6 aromatic rings. The lowest BCUT2D eigenvalue weighted by atomic mass is 9.78. The van der Waals surface area contributed by atoms with Gasteiger partial charge in [-0.1, -0.05) is 99.2 Å². The minimum absolute atomic E-state index is 0.0111. The van der Waals surface area contributed by atoms with E-state index in [1.165, 1.54) is 55.7 Å². The lowest BCUT2D eigenvalue weighted by Crippen LogP contribution is -2.19. The Bertz CT molecular complexity index is 2280. The third-order valence-electron chi connectivity index (χ3n) is 10.8. The fourth-order valence-corrected chi connectivity index (χ4v) is 8.47. The van der Waals surface area contributed by atoms with Crippen LogP contribution in [0.2, 0.25) is 0 Å². The molecule has 48 heavy (non-hydrogen) atoms. The first kappa shape index (κ1) is 28.8. The van der Waals surface area contributed by atoms with Crippen molar-refractivity contribution in [3.8, 4) is 5.69 Å². The molecule has 0 bridgehead atoms. The summed E-state index contributed by atoms with van der Waals surface area (Å²) < 4.78 is 2.46. The second kappa shape index (κ2) is 11.1. The highest BCUT2D eigenvalue weighted by molar-refractivity contribution is 5.99. The topological polar surface area (TPSA) is 21.1 Å². The Morgan fingerprint density at radius 3 is 2.40 bits per heavy atom. The number of rotatable bonds is 5. The molecule has 2 aromatic heterocycles. The second-order valence-electron chi connectivity index (χ2n) is 14.0. The highest BCUT2D eigenvalue weighted by Crippen LogP contribution is 2.51. The van der Waals surface area contributed by atoms with Crippen molar-refractivity contribution in [3.05, 3.63) is 167 Å². The number of aromatic nitrogens is 2. The van der Waals surface area contributed by atoms with Gasteiger partial charge in [0.05, 0.1) is 5.52 Å². The standard InChI is InChI=1S/C45H39N3/c1-30-27-43-39(37-16-8-10-18-42(37)48(43)32-13-5-4-6-14-32)29-38(30)31-20-22-33(23-21-31)47(44-19-11-12-26-46-44)34-24-25-36-35-15-7-9-17-40(35)45(2,3)41(36)28-34/h4-8,10-16,18-26,28-30H,9,17,27H2,1-3H3. The normalized spacial score (nSPS) is 17.6. The van der Waals surface area contributed by atoms with E-state index in [0.717, 1.165) is 36.5 Å². The van der Waals surface area contributed by atoms with Gasteiger partial charge in [0.15, 0.2) is 0 Å². The van der Waals surface area contributed by atoms with Gasteiger partial charge in [0, 0.05) is 45.3 Å². The summed E-state index contributed by atoms with van der Waals surface area (Å²) in [4.78, 5) is 7.13. The van der Waals surface area contributed by atoms with E-state index in [1.807, 2.05) is 12.3 Å². The van der Waals surface area contributed by atoms with Crippen LogP contribution in [-0.2, 0) is 11.8 Å². The number of para-hydroxylation sites is 2. The third kappa shape index (κ3) is 4.45. The molecule has 0 aliphatic heterocycles. The van der Waals surface area contributed by atoms with Crippen molar-refractivity contribution in [2.24, 2.45) is 5.92 Å². The van der Waals surface area contributed by atoms with Crippen LogP contribution in [-0.4, -0.2) is 9.55 Å². The molecular formula is C45H39N3. The van der Waals surface area contributed by atoms with Crippen molar-refractivity contribution < 1.29 is 0 Å². The fourth-order valence-electron chi connectivity index (χ4n) is 8.47. The first-order chi connectivity index (χ1) is 23.5. The molecule has 4 aromatic carbocycles. The first-order valence-corrected chi connectivity index (χ1v) is 17.2. The van der Waals surface area contributed by atoms with E-state index in [2.05, 4.69) is 158 Å². The van der Waals surface area contributed by atoms with Crippen LogP contribution < -0.4 is 4.90 Å². The van der Waals surface area contributed by atoms with E-state index >= 15 is 0 Å². The number of anilines is 3. The molecule has 3 aliphatic rings. The molecular weight excluding hydrogens is 583 g/mol. The monoisotopic (exact) mass is 621 g/mol. The molecule has 0 fully saturated rings. The highest BCUT2D eigenvalue weighted by atomic mass is 15.2. The van der Waals surface area contributed by atoms with Gasteiger partial charge in [-0.3, -0.25) is 4.90 Å². The predicted octanol–water partition coefficient (Wildman–Crippen LogP) is 11.6. The summed E-state index contributed by atoms with van der Waals surface area (Å²) >= 11 is 0. The summed E-state index contributed by atoms with van der Waals surface area (Å²) in [7, 11) is 0. The van der Waals surface area contributed by atoms with Crippen molar-refractivity contribution in [1.82, 2.24) is 9.55 Å². The van der Waals surface area contributed by atoms with Gasteiger partial charge >= 0.3 is 0 Å². The van der Waals surface area contributed by atoms with Crippen molar-refractivity contribution in [2.75, 3.05) is 4.90 Å². The highest BCUT2D eigenvalue weighted by Gasteiger charge is 2.38. The van der Waals surface area contributed by atoms with E-state index in [0.29, 0.717) is 5.92 Å². The summed E-state index contributed by atoms with van der Waals surface area (Å²) in [5.41, 5.74) is 15.9. The second-order valence-corrected chi connectivity index (χ2v) is 14.0. The minimum atomic E-state index is 0.0111. The molecule has 0 amide bonds. The van der Waals surface area contributed by atoms with Crippen molar-refractivity contribution in [2.45, 2.75) is 45.4 Å². The zero-order valence-electron chi connectivity index (χ0n) is 27.8. The summed E-state index contributed by atoms with van der Waals surface area (Å²) in [6.45, 7) is 7.14. The molecule has 1 unspecified atom stereocenters. The van der Waals surface area contributed by atoms with Crippen LogP contribution in [0.25, 0.3) is 33.8 Å². The number of hydrogen-bond donors (Lipinski definition) is 0.